The molecule has 1 atom stereocenters. The SMILES string of the molecule is CCCNC(Cc1ccccc1)CC1CCCCC1. The second-order valence-electron chi connectivity index (χ2n) is 6.08. The first-order valence-electron chi connectivity index (χ1n) is 8.15. The van der Waals surface area contributed by atoms with Gasteiger partial charge in [-0.2, -0.15) is 0 Å². The Kier molecular flexibility index (Phi) is 6.43. The molecule has 1 aromatic rings. The Morgan fingerprint density at radius 1 is 1.11 bits per heavy atom. The lowest BCUT2D eigenvalue weighted by atomic mass is 9.83. The third-order valence-electron chi connectivity index (χ3n) is 4.35. The average Bonchev–Trinajstić information content (AvgIpc) is 2.47. The Balaban J connectivity index is 1.87. The van der Waals surface area contributed by atoms with Gasteiger partial charge in [0.1, 0.15) is 0 Å². The smallest absolute Gasteiger partial charge is 0.0110 e. The Labute approximate surface area is 118 Å². The number of hydrogen-bond donors (Lipinski definition) is 1. The van der Waals surface area contributed by atoms with Crippen LogP contribution in [0.2, 0.25) is 0 Å². The third kappa shape index (κ3) is 5.36. The molecule has 0 aromatic heterocycles. The molecule has 0 heterocycles. The fourth-order valence-corrected chi connectivity index (χ4v) is 3.31. The minimum Gasteiger partial charge on any atom is -0.314 e. The first-order valence-corrected chi connectivity index (χ1v) is 8.15. The zero-order chi connectivity index (χ0) is 13.3. The van der Waals surface area contributed by atoms with Gasteiger partial charge in [0.2, 0.25) is 0 Å². The summed E-state index contributed by atoms with van der Waals surface area (Å²) in [6.07, 6.45) is 11.1. The lowest BCUT2D eigenvalue weighted by Crippen LogP contribution is -2.34. The van der Waals surface area contributed by atoms with E-state index in [1.807, 2.05) is 0 Å². The normalized spacial score (nSPS) is 18.4. The summed E-state index contributed by atoms with van der Waals surface area (Å²) in [7, 11) is 0. The van der Waals surface area contributed by atoms with Gasteiger partial charge in [0.15, 0.2) is 0 Å². The van der Waals surface area contributed by atoms with Crippen molar-refractivity contribution in [2.45, 2.75) is 64.3 Å². The fraction of sp³-hybridized carbons (Fsp3) is 0.667. The molecule has 19 heavy (non-hydrogen) atoms. The van der Waals surface area contributed by atoms with Crippen molar-refractivity contribution in [3.63, 3.8) is 0 Å². The Bertz CT molecular complexity index is 327. The largest absolute Gasteiger partial charge is 0.314 e. The van der Waals surface area contributed by atoms with Crippen LogP contribution in [0.3, 0.4) is 0 Å². The van der Waals surface area contributed by atoms with Gasteiger partial charge >= 0.3 is 0 Å². The number of benzene rings is 1. The molecular formula is C18H29N. The highest BCUT2D eigenvalue weighted by Gasteiger charge is 2.18. The number of hydrogen-bond acceptors (Lipinski definition) is 1. The highest BCUT2D eigenvalue weighted by Crippen LogP contribution is 2.28. The van der Waals surface area contributed by atoms with E-state index < -0.39 is 0 Å². The van der Waals surface area contributed by atoms with Crippen molar-refractivity contribution in [1.29, 1.82) is 0 Å². The minimum absolute atomic E-state index is 0.672. The van der Waals surface area contributed by atoms with Crippen LogP contribution < -0.4 is 5.32 Å². The summed E-state index contributed by atoms with van der Waals surface area (Å²) >= 11 is 0. The van der Waals surface area contributed by atoms with Crippen LogP contribution in [0.5, 0.6) is 0 Å². The molecule has 0 saturated heterocycles. The monoisotopic (exact) mass is 259 g/mol. The highest BCUT2D eigenvalue weighted by molar-refractivity contribution is 5.15. The molecule has 0 aliphatic heterocycles. The van der Waals surface area contributed by atoms with Gasteiger partial charge in [-0.3, -0.25) is 0 Å². The Hall–Kier alpha value is -0.820. The van der Waals surface area contributed by atoms with E-state index in [1.54, 1.807) is 0 Å². The van der Waals surface area contributed by atoms with Gasteiger partial charge in [-0.1, -0.05) is 69.4 Å². The molecule has 1 nitrogen and oxygen atoms in total. The van der Waals surface area contributed by atoms with E-state index in [0.717, 1.165) is 12.5 Å². The molecule has 0 spiro atoms. The Morgan fingerprint density at radius 2 is 1.84 bits per heavy atom. The van der Waals surface area contributed by atoms with Crippen molar-refractivity contribution in [2.75, 3.05) is 6.54 Å². The molecule has 1 aliphatic carbocycles. The van der Waals surface area contributed by atoms with Crippen molar-refractivity contribution in [1.82, 2.24) is 5.32 Å². The first kappa shape index (κ1) is 14.6. The van der Waals surface area contributed by atoms with E-state index in [-0.39, 0.29) is 0 Å². The maximum Gasteiger partial charge on any atom is 0.0110 e. The number of nitrogens with one attached hydrogen (secondary N) is 1. The van der Waals surface area contributed by atoms with Crippen LogP contribution in [-0.2, 0) is 6.42 Å². The molecule has 1 aromatic carbocycles. The third-order valence-corrected chi connectivity index (χ3v) is 4.35. The quantitative estimate of drug-likeness (QED) is 0.756. The lowest BCUT2D eigenvalue weighted by molar-refractivity contribution is 0.296. The molecular weight excluding hydrogens is 230 g/mol. The van der Waals surface area contributed by atoms with Crippen LogP contribution in [0.1, 0.15) is 57.4 Å². The van der Waals surface area contributed by atoms with Crippen LogP contribution in [0, 0.1) is 5.92 Å². The maximum absolute atomic E-state index is 3.77. The zero-order valence-corrected chi connectivity index (χ0v) is 12.4. The van der Waals surface area contributed by atoms with Gasteiger partial charge in [0, 0.05) is 6.04 Å². The van der Waals surface area contributed by atoms with E-state index in [1.165, 1.54) is 56.9 Å². The zero-order valence-electron chi connectivity index (χ0n) is 12.4. The Morgan fingerprint density at radius 3 is 2.53 bits per heavy atom. The summed E-state index contributed by atoms with van der Waals surface area (Å²) in [6.45, 7) is 3.41. The molecule has 1 aliphatic rings. The molecule has 1 unspecified atom stereocenters. The summed E-state index contributed by atoms with van der Waals surface area (Å²) in [6, 6.07) is 11.6. The van der Waals surface area contributed by atoms with Crippen molar-refractivity contribution >= 4 is 0 Å². The highest BCUT2D eigenvalue weighted by atomic mass is 14.9. The summed E-state index contributed by atoms with van der Waals surface area (Å²) in [5.74, 6) is 0.965. The van der Waals surface area contributed by atoms with Crippen molar-refractivity contribution < 1.29 is 0 Å². The second kappa shape index (κ2) is 8.37. The summed E-state index contributed by atoms with van der Waals surface area (Å²) < 4.78 is 0. The van der Waals surface area contributed by atoms with E-state index in [4.69, 9.17) is 0 Å². The molecule has 1 heteroatoms. The van der Waals surface area contributed by atoms with Gasteiger partial charge in [-0.05, 0) is 37.3 Å². The van der Waals surface area contributed by atoms with E-state index >= 15 is 0 Å². The molecule has 1 fully saturated rings. The molecule has 0 amide bonds. The summed E-state index contributed by atoms with van der Waals surface area (Å²) in [4.78, 5) is 0. The van der Waals surface area contributed by atoms with E-state index in [9.17, 15) is 0 Å². The topological polar surface area (TPSA) is 12.0 Å². The van der Waals surface area contributed by atoms with Crippen LogP contribution in [-0.4, -0.2) is 12.6 Å². The molecule has 2 rings (SSSR count). The molecule has 106 valence electrons. The average molecular weight is 259 g/mol. The second-order valence-corrected chi connectivity index (χ2v) is 6.08. The molecule has 0 bridgehead atoms. The standard InChI is InChI=1S/C18H29N/c1-2-13-19-18(14-16-9-5-3-6-10-16)15-17-11-7-4-8-12-17/h3,5-6,9-10,17-19H,2,4,7-8,11-15H2,1H3. The molecule has 0 radical (unpaired) electrons. The lowest BCUT2D eigenvalue weighted by Gasteiger charge is -2.27. The van der Waals surface area contributed by atoms with Crippen LogP contribution >= 0.6 is 0 Å². The maximum atomic E-state index is 3.77. The first-order chi connectivity index (χ1) is 9.38. The van der Waals surface area contributed by atoms with Crippen LogP contribution in [0.25, 0.3) is 0 Å². The predicted octanol–water partition coefficient (Wildman–Crippen LogP) is 4.57. The summed E-state index contributed by atoms with van der Waals surface area (Å²) in [5.41, 5.74) is 1.48. The van der Waals surface area contributed by atoms with Gasteiger partial charge in [-0.15, -0.1) is 0 Å². The predicted molar refractivity (Wildman–Crippen MR) is 83.4 cm³/mol. The van der Waals surface area contributed by atoms with Gasteiger partial charge in [0.05, 0.1) is 0 Å². The van der Waals surface area contributed by atoms with Crippen molar-refractivity contribution in [3.8, 4) is 0 Å². The fourth-order valence-electron chi connectivity index (χ4n) is 3.31. The van der Waals surface area contributed by atoms with Gasteiger partial charge in [-0.25, -0.2) is 0 Å². The van der Waals surface area contributed by atoms with E-state index in [2.05, 4.69) is 42.6 Å². The van der Waals surface area contributed by atoms with Crippen molar-refractivity contribution in [2.24, 2.45) is 5.92 Å². The van der Waals surface area contributed by atoms with Crippen LogP contribution in [0.15, 0.2) is 30.3 Å². The molecule has 1 saturated carbocycles. The van der Waals surface area contributed by atoms with Gasteiger partial charge < -0.3 is 5.32 Å². The van der Waals surface area contributed by atoms with Crippen LogP contribution in [0.4, 0.5) is 0 Å². The number of rotatable bonds is 7. The van der Waals surface area contributed by atoms with Gasteiger partial charge in [0.25, 0.3) is 0 Å². The summed E-state index contributed by atoms with van der Waals surface area (Å²) in [5, 5.41) is 3.77. The minimum atomic E-state index is 0.672. The molecule has 1 N–H and O–H groups in total. The van der Waals surface area contributed by atoms with Crippen molar-refractivity contribution in [3.05, 3.63) is 35.9 Å². The van der Waals surface area contributed by atoms with E-state index in [0.29, 0.717) is 6.04 Å².